The first kappa shape index (κ1) is 18.4. The number of thioether (sulfide) groups is 1. The predicted octanol–water partition coefficient (Wildman–Crippen LogP) is 5.31. The number of anilines is 1. The van der Waals surface area contributed by atoms with E-state index < -0.39 is 0 Å². The van der Waals surface area contributed by atoms with Gasteiger partial charge in [0, 0.05) is 27.3 Å². The zero-order valence-electron chi connectivity index (χ0n) is 14.5. The maximum absolute atomic E-state index is 12.8. The van der Waals surface area contributed by atoms with E-state index in [1.54, 1.807) is 55.5 Å². The maximum Gasteiger partial charge on any atom is 0.256 e. The van der Waals surface area contributed by atoms with Crippen molar-refractivity contribution in [2.75, 3.05) is 19.5 Å². The summed E-state index contributed by atoms with van der Waals surface area (Å²) >= 11 is 3.38. The Morgan fingerprint density at radius 3 is 2.58 bits per heavy atom. The van der Waals surface area contributed by atoms with Crippen molar-refractivity contribution in [1.82, 2.24) is 0 Å². The summed E-state index contributed by atoms with van der Waals surface area (Å²) in [5, 5.41) is 4.99. The fraction of sp³-hybridized carbons (Fsp3) is 0.150. The Morgan fingerprint density at radius 1 is 1.04 bits per heavy atom. The molecule has 1 amide bonds. The van der Waals surface area contributed by atoms with Gasteiger partial charge in [0.15, 0.2) is 11.5 Å². The molecule has 26 heavy (non-hydrogen) atoms. The topological polar surface area (TPSA) is 47.6 Å². The largest absolute Gasteiger partial charge is 0.493 e. The number of ether oxygens (including phenoxy) is 2. The highest BCUT2D eigenvalue weighted by Crippen LogP contribution is 2.31. The van der Waals surface area contributed by atoms with E-state index in [-0.39, 0.29) is 5.91 Å². The van der Waals surface area contributed by atoms with Crippen LogP contribution < -0.4 is 14.8 Å². The second-order valence-corrected chi connectivity index (χ2v) is 7.44. The molecule has 6 heteroatoms. The summed E-state index contributed by atoms with van der Waals surface area (Å²) in [6, 6.07) is 17.1. The summed E-state index contributed by atoms with van der Waals surface area (Å²) < 4.78 is 10.5. The minimum Gasteiger partial charge on any atom is -0.493 e. The third kappa shape index (κ3) is 4.39. The van der Waals surface area contributed by atoms with E-state index in [2.05, 4.69) is 16.8 Å². The van der Waals surface area contributed by atoms with Gasteiger partial charge in [-0.25, -0.2) is 0 Å². The van der Waals surface area contributed by atoms with Crippen molar-refractivity contribution >= 4 is 34.7 Å². The summed E-state index contributed by atoms with van der Waals surface area (Å²) in [7, 11) is 3.15. The molecular formula is C20H19NO3S2. The summed E-state index contributed by atoms with van der Waals surface area (Å²) in [6.07, 6.45) is 0. The quantitative estimate of drug-likeness (QED) is 0.560. The van der Waals surface area contributed by atoms with Crippen LogP contribution in [-0.4, -0.2) is 20.1 Å². The van der Waals surface area contributed by atoms with E-state index >= 15 is 0 Å². The zero-order valence-corrected chi connectivity index (χ0v) is 16.2. The predicted molar refractivity (Wildman–Crippen MR) is 108 cm³/mol. The lowest BCUT2D eigenvalue weighted by molar-refractivity contribution is 0.102. The summed E-state index contributed by atoms with van der Waals surface area (Å²) in [5.41, 5.74) is 1.31. The minimum absolute atomic E-state index is 0.147. The van der Waals surface area contributed by atoms with E-state index in [0.717, 1.165) is 10.6 Å². The van der Waals surface area contributed by atoms with E-state index in [4.69, 9.17) is 9.47 Å². The van der Waals surface area contributed by atoms with Crippen molar-refractivity contribution in [3.05, 3.63) is 70.4 Å². The lowest BCUT2D eigenvalue weighted by Crippen LogP contribution is -2.13. The molecule has 2 aromatic carbocycles. The summed E-state index contributed by atoms with van der Waals surface area (Å²) in [6.45, 7) is 0. The molecule has 1 heterocycles. The van der Waals surface area contributed by atoms with E-state index in [9.17, 15) is 4.79 Å². The van der Waals surface area contributed by atoms with Crippen molar-refractivity contribution in [2.45, 2.75) is 10.6 Å². The molecule has 0 bridgehead atoms. The Balaban J connectivity index is 1.75. The number of rotatable bonds is 7. The number of thiophene rings is 1. The van der Waals surface area contributed by atoms with Gasteiger partial charge in [0.05, 0.1) is 19.8 Å². The first-order chi connectivity index (χ1) is 12.7. The highest BCUT2D eigenvalue weighted by atomic mass is 32.2. The van der Waals surface area contributed by atoms with Crippen LogP contribution in [0.3, 0.4) is 0 Å². The monoisotopic (exact) mass is 385 g/mol. The van der Waals surface area contributed by atoms with Crippen LogP contribution in [0, 0.1) is 0 Å². The first-order valence-electron chi connectivity index (χ1n) is 7.99. The molecule has 0 unspecified atom stereocenters. The van der Waals surface area contributed by atoms with Gasteiger partial charge in [0.2, 0.25) is 0 Å². The Hall–Kier alpha value is -2.44. The van der Waals surface area contributed by atoms with Gasteiger partial charge in [-0.3, -0.25) is 4.79 Å². The van der Waals surface area contributed by atoms with Crippen LogP contribution in [0.25, 0.3) is 0 Å². The molecule has 0 atom stereocenters. The molecule has 0 aliphatic rings. The molecule has 0 fully saturated rings. The van der Waals surface area contributed by atoms with Crippen molar-refractivity contribution < 1.29 is 14.3 Å². The Labute approximate surface area is 161 Å². The van der Waals surface area contributed by atoms with Gasteiger partial charge < -0.3 is 14.8 Å². The van der Waals surface area contributed by atoms with E-state index in [0.29, 0.717) is 22.7 Å². The maximum atomic E-state index is 12.8. The molecule has 3 aromatic rings. The number of amides is 1. The van der Waals surface area contributed by atoms with Crippen LogP contribution in [0.2, 0.25) is 0 Å². The van der Waals surface area contributed by atoms with Crippen molar-refractivity contribution in [2.24, 2.45) is 0 Å². The molecule has 0 radical (unpaired) electrons. The Bertz CT molecular complexity index is 879. The molecule has 0 saturated carbocycles. The fourth-order valence-electron chi connectivity index (χ4n) is 2.44. The first-order valence-corrected chi connectivity index (χ1v) is 9.85. The molecule has 4 nitrogen and oxygen atoms in total. The van der Waals surface area contributed by atoms with E-state index in [1.165, 1.54) is 4.88 Å². The Kier molecular flexibility index (Phi) is 6.20. The number of carbonyl (C=O) groups is 1. The molecule has 134 valence electrons. The van der Waals surface area contributed by atoms with Gasteiger partial charge >= 0.3 is 0 Å². The van der Waals surface area contributed by atoms with Crippen LogP contribution in [-0.2, 0) is 5.75 Å². The van der Waals surface area contributed by atoms with Gasteiger partial charge in [-0.1, -0.05) is 18.2 Å². The second kappa shape index (κ2) is 8.78. The number of hydrogen-bond donors (Lipinski definition) is 1. The zero-order chi connectivity index (χ0) is 18.4. The smallest absolute Gasteiger partial charge is 0.256 e. The van der Waals surface area contributed by atoms with Crippen molar-refractivity contribution in [1.29, 1.82) is 0 Å². The second-order valence-electron chi connectivity index (χ2n) is 5.39. The summed E-state index contributed by atoms with van der Waals surface area (Å²) in [5.74, 6) is 1.90. The van der Waals surface area contributed by atoms with Gasteiger partial charge in [-0.05, 0) is 35.7 Å². The fourth-order valence-corrected chi connectivity index (χ4v) is 4.26. The van der Waals surface area contributed by atoms with Crippen LogP contribution in [0.4, 0.5) is 5.69 Å². The van der Waals surface area contributed by atoms with Crippen molar-refractivity contribution in [3.8, 4) is 11.5 Å². The van der Waals surface area contributed by atoms with Crippen molar-refractivity contribution in [3.63, 3.8) is 0 Å². The third-order valence-electron chi connectivity index (χ3n) is 3.72. The van der Waals surface area contributed by atoms with E-state index in [1.807, 2.05) is 30.3 Å². The number of benzene rings is 2. The number of nitrogens with one attached hydrogen (secondary N) is 1. The Morgan fingerprint density at radius 2 is 1.85 bits per heavy atom. The lowest BCUT2D eigenvalue weighted by atomic mass is 10.2. The van der Waals surface area contributed by atoms with Gasteiger partial charge in [-0.15, -0.1) is 23.1 Å². The molecule has 0 aliphatic heterocycles. The van der Waals surface area contributed by atoms with Gasteiger partial charge in [0.25, 0.3) is 5.91 Å². The van der Waals surface area contributed by atoms with Crippen LogP contribution >= 0.6 is 23.1 Å². The van der Waals surface area contributed by atoms with Crippen LogP contribution in [0.1, 0.15) is 15.2 Å². The molecule has 3 rings (SSSR count). The third-order valence-corrected chi connectivity index (χ3v) is 5.90. The molecule has 0 spiro atoms. The number of hydrogen-bond acceptors (Lipinski definition) is 5. The average molecular weight is 386 g/mol. The normalized spacial score (nSPS) is 10.4. The van der Waals surface area contributed by atoms with Gasteiger partial charge in [-0.2, -0.15) is 0 Å². The molecular weight excluding hydrogens is 366 g/mol. The highest BCUT2D eigenvalue weighted by Gasteiger charge is 2.13. The molecule has 1 aromatic heterocycles. The number of carbonyl (C=O) groups excluding carboxylic acids is 1. The SMILES string of the molecule is COc1ccc(NC(=O)c2ccccc2SCc2cccs2)cc1OC. The average Bonchev–Trinajstić information content (AvgIpc) is 3.20. The molecule has 1 N–H and O–H groups in total. The molecule has 0 saturated heterocycles. The molecule has 0 aliphatic carbocycles. The minimum atomic E-state index is -0.147. The van der Waals surface area contributed by atoms with Gasteiger partial charge in [0.1, 0.15) is 0 Å². The van der Waals surface area contributed by atoms with Crippen LogP contribution in [0.15, 0.2) is 64.9 Å². The van der Waals surface area contributed by atoms with Crippen LogP contribution in [0.5, 0.6) is 11.5 Å². The number of methoxy groups -OCH3 is 2. The highest BCUT2D eigenvalue weighted by molar-refractivity contribution is 7.98. The standard InChI is InChI=1S/C20H19NO3S2/c1-23-17-10-9-14(12-18(17)24-2)21-20(22)16-7-3-4-8-19(16)26-13-15-6-5-11-25-15/h3-12H,13H2,1-2H3,(H,21,22). The summed E-state index contributed by atoms with van der Waals surface area (Å²) in [4.78, 5) is 15.0. The lowest BCUT2D eigenvalue weighted by Gasteiger charge is -2.12.